The molecule has 0 atom stereocenters. The minimum absolute atomic E-state index is 0.0562. The monoisotopic (exact) mass is 188 g/mol. The lowest BCUT2D eigenvalue weighted by Gasteiger charge is -2.15. The summed E-state index contributed by atoms with van der Waals surface area (Å²) in [5, 5.41) is 0. The van der Waals surface area contributed by atoms with Crippen molar-refractivity contribution >= 4 is 14.1 Å². The topological polar surface area (TPSA) is 35.5 Å². The molecule has 0 rings (SSSR count). The summed E-state index contributed by atoms with van der Waals surface area (Å²) in [6.07, 6.45) is 2.73. The van der Waals surface area contributed by atoms with Crippen LogP contribution in [-0.4, -0.2) is 27.8 Å². The van der Waals surface area contributed by atoms with Crippen LogP contribution in [0.15, 0.2) is 12.3 Å². The molecule has 0 aromatic carbocycles. The van der Waals surface area contributed by atoms with Crippen LogP contribution in [0.3, 0.4) is 0 Å². The molecule has 0 fully saturated rings. The van der Waals surface area contributed by atoms with Crippen molar-refractivity contribution in [1.82, 2.24) is 0 Å². The molecule has 0 N–H and O–H groups in total. The van der Waals surface area contributed by atoms with Gasteiger partial charge in [-0.25, -0.2) is 0 Å². The smallest absolute Gasteiger partial charge is 0.184 e. The highest BCUT2D eigenvalue weighted by molar-refractivity contribution is 6.69. The molecule has 4 heteroatoms. The molecule has 0 aliphatic heterocycles. The Morgan fingerprint density at radius 1 is 1.42 bits per heavy atom. The Bertz CT molecular complexity index is 170. The van der Waals surface area contributed by atoms with Crippen molar-refractivity contribution in [3.63, 3.8) is 0 Å². The van der Waals surface area contributed by atoms with Crippen molar-refractivity contribution in [3.05, 3.63) is 12.3 Å². The fraction of sp³-hybridized carbons (Fsp3) is 0.625. The van der Waals surface area contributed by atoms with Crippen LogP contribution in [0.2, 0.25) is 19.6 Å². The number of carbonyl (C=O) groups excluding carboxylic acids is 1. The fourth-order valence-electron chi connectivity index (χ4n) is 0.480. The Kier molecular flexibility index (Phi) is 4.85. The molecule has 0 unspecified atom stereocenters. The van der Waals surface area contributed by atoms with E-state index in [-0.39, 0.29) is 12.4 Å². The van der Waals surface area contributed by atoms with E-state index in [1.165, 1.54) is 19.4 Å². The highest BCUT2D eigenvalue weighted by atomic mass is 28.4. The first-order chi connectivity index (χ1) is 5.45. The van der Waals surface area contributed by atoms with Crippen molar-refractivity contribution in [3.8, 4) is 0 Å². The average molecular weight is 188 g/mol. The Morgan fingerprint density at radius 2 is 2.00 bits per heavy atom. The second-order valence-corrected chi connectivity index (χ2v) is 7.92. The molecule has 0 saturated heterocycles. The zero-order chi connectivity index (χ0) is 9.61. The summed E-state index contributed by atoms with van der Waals surface area (Å²) in [4.78, 5) is 11.0. The largest absolute Gasteiger partial charge is 0.504 e. The third-order valence-corrected chi connectivity index (χ3v) is 2.05. The predicted molar refractivity (Wildman–Crippen MR) is 50.5 cm³/mol. The van der Waals surface area contributed by atoms with Gasteiger partial charge in [0.1, 0.15) is 0 Å². The molecule has 0 aromatic rings. The van der Waals surface area contributed by atoms with Gasteiger partial charge in [0.25, 0.3) is 0 Å². The van der Waals surface area contributed by atoms with Crippen LogP contribution >= 0.6 is 0 Å². The van der Waals surface area contributed by atoms with E-state index in [0.717, 1.165) is 0 Å². The number of rotatable bonds is 5. The van der Waals surface area contributed by atoms with Crippen LogP contribution in [-0.2, 0) is 14.0 Å². The van der Waals surface area contributed by atoms with Crippen LogP contribution in [0.1, 0.15) is 0 Å². The van der Waals surface area contributed by atoms with E-state index in [9.17, 15) is 4.79 Å². The Labute approximate surface area is 74.5 Å². The molecule has 3 nitrogen and oxygen atoms in total. The van der Waals surface area contributed by atoms with Gasteiger partial charge >= 0.3 is 0 Å². The second kappa shape index (κ2) is 5.11. The number of ether oxygens (including phenoxy) is 1. The summed E-state index contributed by atoms with van der Waals surface area (Å²) < 4.78 is 9.97. The Hall–Kier alpha value is -0.613. The minimum atomic E-state index is -1.55. The van der Waals surface area contributed by atoms with E-state index in [1.807, 2.05) is 19.6 Å². The van der Waals surface area contributed by atoms with Gasteiger partial charge in [0.2, 0.25) is 0 Å². The van der Waals surface area contributed by atoms with Gasteiger partial charge in [0, 0.05) is 6.08 Å². The van der Waals surface area contributed by atoms with Gasteiger partial charge in [-0.2, -0.15) is 0 Å². The summed E-state index contributed by atoms with van der Waals surface area (Å²) in [5.74, 6) is -0.0562. The lowest BCUT2D eigenvalue weighted by molar-refractivity contribution is -0.116. The Balaban J connectivity index is 3.65. The summed E-state index contributed by atoms with van der Waals surface area (Å²) in [7, 11) is -0.0516. The number of ketones is 1. The third-order valence-electron chi connectivity index (χ3n) is 1.04. The Morgan fingerprint density at radius 3 is 2.42 bits per heavy atom. The van der Waals surface area contributed by atoms with Crippen LogP contribution < -0.4 is 0 Å². The molecule has 0 saturated carbocycles. The van der Waals surface area contributed by atoms with E-state index in [4.69, 9.17) is 4.43 Å². The van der Waals surface area contributed by atoms with E-state index >= 15 is 0 Å². The summed E-state index contributed by atoms with van der Waals surface area (Å²) >= 11 is 0. The third kappa shape index (κ3) is 7.49. The molecule has 0 aromatic heterocycles. The van der Waals surface area contributed by atoms with E-state index in [0.29, 0.717) is 0 Å². The molecular weight excluding hydrogens is 172 g/mol. The van der Waals surface area contributed by atoms with Crippen molar-refractivity contribution in [2.45, 2.75) is 19.6 Å². The van der Waals surface area contributed by atoms with E-state index < -0.39 is 8.32 Å². The van der Waals surface area contributed by atoms with Crippen molar-refractivity contribution in [2.24, 2.45) is 0 Å². The van der Waals surface area contributed by atoms with Gasteiger partial charge in [0.15, 0.2) is 14.1 Å². The van der Waals surface area contributed by atoms with Gasteiger partial charge in [-0.15, -0.1) is 0 Å². The average Bonchev–Trinajstić information content (AvgIpc) is 1.95. The molecule has 70 valence electrons. The highest BCUT2D eigenvalue weighted by Crippen LogP contribution is 2.01. The van der Waals surface area contributed by atoms with Crippen LogP contribution in [0.5, 0.6) is 0 Å². The first kappa shape index (κ1) is 11.4. The molecule has 0 amide bonds. The zero-order valence-electron chi connectivity index (χ0n) is 8.09. The normalized spacial score (nSPS) is 12.0. The summed E-state index contributed by atoms with van der Waals surface area (Å²) in [5.41, 5.74) is 0. The first-order valence-electron chi connectivity index (χ1n) is 3.82. The molecule has 0 bridgehead atoms. The highest BCUT2D eigenvalue weighted by Gasteiger charge is 2.14. The van der Waals surface area contributed by atoms with Gasteiger partial charge in [-0.3, -0.25) is 4.79 Å². The maximum atomic E-state index is 11.0. The first-order valence-corrected chi connectivity index (χ1v) is 7.22. The fourth-order valence-corrected chi connectivity index (χ4v) is 1.05. The number of hydrogen-bond donors (Lipinski definition) is 0. The zero-order valence-corrected chi connectivity index (χ0v) is 9.09. The van der Waals surface area contributed by atoms with Crippen LogP contribution in [0.4, 0.5) is 0 Å². The lowest BCUT2D eigenvalue weighted by atomic mass is 10.4. The molecule has 0 aliphatic rings. The maximum Gasteiger partial charge on any atom is 0.184 e. The van der Waals surface area contributed by atoms with Gasteiger partial charge < -0.3 is 9.16 Å². The molecular formula is C8H16O3Si. The predicted octanol–water partition coefficient (Wildman–Crippen LogP) is 1.57. The SMILES string of the molecule is COC=CC(=O)CO[Si](C)(C)C. The minimum Gasteiger partial charge on any atom is -0.504 e. The van der Waals surface area contributed by atoms with Gasteiger partial charge in [-0.05, 0) is 19.6 Å². The number of carbonyl (C=O) groups is 1. The molecule has 0 radical (unpaired) electrons. The number of hydrogen-bond acceptors (Lipinski definition) is 3. The van der Waals surface area contributed by atoms with Crippen molar-refractivity contribution in [1.29, 1.82) is 0 Å². The molecule has 12 heavy (non-hydrogen) atoms. The van der Waals surface area contributed by atoms with Crippen molar-refractivity contribution < 1.29 is 14.0 Å². The van der Waals surface area contributed by atoms with E-state index in [1.54, 1.807) is 0 Å². The van der Waals surface area contributed by atoms with Crippen LogP contribution in [0.25, 0.3) is 0 Å². The maximum absolute atomic E-state index is 11.0. The molecule has 0 aliphatic carbocycles. The van der Waals surface area contributed by atoms with Crippen molar-refractivity contribution in [2.75, 3.05) is 13.7 Å². The quantitative estimate of drug-likeness (QED) is 0.373. The van der Waals surface area contributed by atoms with Gasteiger partial charge in [-0.1, -0.05) is 0 Å². The number of methoxy groups -OCH3 is 1. The van der Waals surface area contributed by atoms with Gasteiger partial charge in [0.05, 0.1) is 20.0 Å². The summed E-state index contributed by atoms with van der Waals surface area (Å²) in [6.45, 7) is 6.29. The molecule has 0 heterocycles. The standard InChI is InChI=1S/C8H16O3Si/c1-10-6-5-8(9)7-11-12(2,3)4/h5-6H,7H2,1-4H3. The molecule has 0 spiro atoms. The van der Waals surface area contributed by atoms with Crippen LogP contribution in [0, 0.1) is 0 Å². The lowest BCUT2D eigenvalue weighted by Crippen LogP contribution is -2.28. The summed E-state index contributed by atoms with van der Waals surface area (Å²) in [6, 6.07) is 0. The second-order valence-electron chi connectivity index (χ2n) is 3.41. The van der Waals surface area contributed by atoms with E-state index in [2.05, 4.69) is 4.74 Å².